The highest BCUT2D eigenvalue weighted by Gasteiger charge is 2.32. The van der Waals surface area contributed by atoms with Gasteiger partial charge in [0.05, 0.1) is 24.6 Å². The van der Waals surface area contributed by atoms with E-state index < -0.39 is 11.5 Å². The molecular weight excluding hydrogens is 310 g/mol. The summed E-state index contributed by atoms with van der Waals surface area (Å²) in [5.74, 6) is 0.00116. The van der Waals surface area contributed by atoms with Crippen molar-refractivity contribution in [2.45, 2.75) is 38.6 Å². The molecule has 0 saturated carbocycles. The lowest BCUT2D eigenvalue weighted by atomic mass is 9.88. The van der Waals surface area contributed by atoms with Gasteiger partial charge in [-0.1, -0.05) is 26.0 Å². The van der Waals surface area contributed by atoms with Crippen LogP contribution in [0.3, 0.4) is 0 Å². The van der Waals surface area contributed by atoms with Gasteiger partial charge in [0.1, 0.15) is 6.61 Å². The molecule has 0 atom stereocenters. The van der Waals surface area contributed by atoms with Gasteiger partial charge < -0.3 is 19.9 Å². The number of aliphatic carboxylic acids is 1. The molecule has 0 radical (unpaired) electrons. The fourth-order valence-corrected chi connectivity index (χ4v) is 2.80. The summed E-state index contributed by atoms with van der Waals surface area (Å²) in [4.78, 5) is 23.7. The summed E-state index contributed by atoms with van der Waals surface area (Å²) in [5, 5.41) is 12.0. The Balaban J connectivity index is 2.23. The second-order valence-electron chi connectivity index (χ2n) is 5.85. The van der Waals surface area contributed by atoms with Crippen LogP contribution in [-0.2, 0) is 9.59 Å². The average molecular weight is 333 g/mol. The number of amides is 1. The first-order chi connectivity index (χ1) is 11.4. The number of fused-ring (bicyclic) bond motifs is 1. The largest absolute Gasteiger partial charge is 0.493 e. The molecule has 0 aromatic heterocycles. The van der Waals surface area contributed by atoms with E-state index in [0.717, 1.165) is 5.56 Å². The highest BCUT2D eigenvalue weighted by molar-refractivity contribution is 6.00. The highest BCUT2D eigenvalue weighted by Crippen LogP contribution is 2.35. The predicted octanol–water partition coefficient (Wildman–Crippen LogP) is 2.62. The number of hydrogen-bond donors (Lipinski definition) is 2. The van der Waals surface area contributed by atoms with Gasteiger partial charge >= 0.3 is 5.97 Å². The van der Waals surface area contributed by atoms with Gasteiger partial charge in [0.15, 0.2) is 11.5 Å². The molecule has 2 rings (SSSR count). The van der Waals surface area contributed by atoms with Crippen LogP contribution in [0, 0.1) is 0 Å². The van der Waals surface area contributed by atoms with E-state index in [-0.39, 0.29) is 18.9 Å². The molecule has 0 aliphatic carbocycles. The maximum Gasteiger partial charge on any atom is 0.305 e. The zero-order valence-electron chi connectivity index (χ0n) is 14.2. The van der Waals surface area contributed by atoms with E-state index in [9.17, 15) is 9.59 Å². The van der Waals surface area contributed by atoms with E-state index in [4.69, 9.17) is 14.6 Å². The maximum absolute atomic E-state index is 12.6. The molecule has 0 bridgehead atoms. The highest BCUT2D eigenvalue weighted by atomic mass is 16.5. The van der Waals surface area contributed by atoms with Crippen molar-refractivity contribution in [2.75, 3.05) is 13.7 Å². The monoisotopic (exact) mass is 333 g/mol. The molecule has 0 saturated heterocycles. The molecule has 2 N–H and O–H groups in total. The summed E-state index contributed by atoms with van der Waals surface area (Å²) in [6.07, 6.45) is 2.73. The fraction of sp³-hybridized carbons (Fsp3) is 0.444. The van der Waals surface area contributed by atoms with Crippen molar-refractivity contribution in [3.8, 4) is 11.5 Å². The van der Waals surface area contributed by atoms with E-state index in [0.29, 0.717) is 29.9 Å². The minimum Gasteiger partial charge on any atom is -0.493 e. The number of para-hydroxylation sites is 1. The Morgan fingerprint density at radius 1 is 1.33 bits per heavy atom. The van der Waals surface area contributed by atoms with Gasteiger partial charge in [-0.05, 0) is 25.0 Å². The van der Waals surface area contributed by atoms with Gasteiger partial charge in [-0.15, -0.1) is 0 Å². The summed E-state index contributed by atoms with van der Waals surface area (Å²) >= 11 is 0. The molecule has 0 unspecified atom stereocenters. The van der Waals surface area contributed by atoms with Crippen LogP contribution in [0.1, 0.15) is 38.7 Å². The minimum absolute atomic E-state index is 0.107. The third kappa shape index (κ3) is 3.69. The molecule has 1 heterocycles. The molecular formula is C18H23NO5. The van der Waals surface area contributed by atoms with Gasteiger partial charge in [0, 0.05) is 5.56 Å². The third-order valence-corrected chi connectivity index (χ3v) is 4.44. The number of methoxy groups -OCH3 is 1. The van der Waals surface area contributed by atoms with Crippen LogP contribution in [0.5, 0.6) is 11.5 Å². The first-order valence-electron chi connectivity index (χ1n) is 7.99. The number of nitrogens with one attached hydrogen (secondary N) is 1. The smallest absolute Gasteiger partial charge is 0.305 e. The molecule has 0 fully saturated rings. The van der Waals surface area contributed by atoms with Crippen molar-refractivity contribution in [1.29, 1.82) is 0 Å². The molecule has 1 aliphatic rings. The first kappa shape index (κ1) is 17.8. The summed E-state index contributed by atoms with van der Waals surface area (Å²) in [6.45, 7) is 3.87. The van der Waals surface area contributed by atoms with E-state index in [2.05, 4.69) is 5.32 Å². The van der Waals surface area contributed by atoms with Crippen molar-refractivity contribution >= 4 is 18.0 Å². The zero-order valence-corrected chi connectivity index (χ0v) is 14.2. The van der Waals surface area contributed by atoms with Gasteiger partial charge in [-0.3, -0.25) is 9.59 Å². The predicted molar refractivity (Wildman–Crippen MR) is 90.2 cm³/mol. The molecule has 130 valence electrons. The SMILES string of the molecule is CCC(CC)(CC(=O)O)NC(=O)C1=Cc2cccc(OC)c2OC1. The number of rotatable bonds is 7. The number of benzene rings is 1. The molecule has 24 heavy (non-hydrogen) atoms. The van der Waals surface area contributed by atoms with Crippen molar-refractivity contribution in [3.05, 3.63) is 29.3 Å². The second-order valence-corrected chi connectivity index (χ2v) is 5.85. The summed E-state index contributed by atoms with van der Waals surface area (Å²) in [5.41, 5.74) is 0.480. The Bertz CT molecular complexity index is 661. The zero-order chi connectivity index (χ0) is 17.7. The van der Waals surface area contributed by atoms with Crippen LogP contribution in [0.25, 0.3) is 6.08 Å². The van der Waals surface area contributed by atoms with Crippen molar-refractivity contribution in [1.82, 2.24) is 5.32 Å². The number of carboxylic acid groups (broad SMARTS) is 1. The summed E-state index contributed by atoms with van der Waals surface area (Å²) in [7, 11) is 1.56. The maximum atomic E-state index is 12.6. The Morgan fingerprint density at radius 2 is 2.04 bits per heavy atom. The molecule has 1 aromatic rings. The van der Waals surface area contributed by atoms with Crippen LogP contribution in [0.2, 0.25) is 0 Å². The van der Waals surface area contributed by atoms with E-state index in [1.807, 2.05) is 26.0 Å². The van der Waals surface area contributed by atoms with Crippen LogP contribution in [0.15, 0.2) is 23.8 Å². The average Bonchev–Trinajstić information content (AvgIpc) is 2.59. The lowest BCUT2D eigenvalue weighted by Crippen LogP contribution is -2.50. The van der Waals surface area contributed by atoms with Gasteiger partial charge in [0.25, 0.3) is 5.91 Å². The van der Waals surface area contributed by atoms with E-state index in [1.165, 1.54) is 0 Å². The molecule has 0 spiro atoms. The summed E-state index contributed by atoms with van der Waals surface area (Å²) in [6, 6.07) is 5.46. The lowest BCUT2D eigenvalue weighted by molar-refractivity contribution is -0.139. The topological polar surface area (TPSA) is 84.9 Å². The minimum atomic E-state index is -0.928. The van der Waals surface area contributed by atoms with Crippen LogP contribution < -0.4 is 14.8 Å². The normalized spacial score (nSPS) is 13.4. The lowest BCUT2D eigenvalue weighted by Gasteiger charge is -2.32. The number of ether oxygens (including phenoxy) is 2. The van der Waals surface area contributed by atoms with E-state index in [1.54, 1.807) is 19.3 Å². The van der Waals surface area contributed by atoms with Crippen LogP contribution in [0.4, 0.5) is 0 Å². The number of hydrogen-bond acceptors (Lipinski definition) is 4. The number of carbonyl (C=O) groups excluding carboxylic acids is 1. The Hall–Kier alpha value is -2.50. The quantitative estimate of drug-likeness (QED) is 0.801. The Kier molecular flexibility index (Phi) is 5.49. The molecule has 1 amide bonds. The summed E-state index contributed by atoms with van der Waals surface area (Å²) < 4.78 is 10.9. The molecule has 6 heteroatoms. The standard InChI is InChI=1S/C18H23NO5/c1-4-18(5-2,10-15(20)21)19-17(22)13-9-12-7-6-8-14(23-3)16(12)24-11-13/h6-9H,4-5,10-11H2,1-3H3,(H,19,22)(H,20,21). The van der Waals surface area contributed by atoms with Gasteiger partial charge in [-0.2, -0.15) is 0 Å². The fourth-order valence-electron chi connectivity index (χ4n) is 2.80. The van der Waals surface area contributed by atoms with Gasteiger partial charge in [0.2, 0.25) is 0 Å². The Labute approximate surface area is 141 Å². The van der Waals surface area contributed by atoms with Gasteiger partial charge in [-0.25, -0.2) is 0 Å². The third-order valence-electron chi connectivity index (χ3n) is 4.44. The molecule has 1 aliphatic heterocycles. The van der Waals surface area contributed by atoms with Crippen LogP contribution >= 0.6 is 0 Å². The van der Waals surface area contributed by atoms with Crippen molar-refractivity contribution < 1.29 is 24.2 Å². The molecule has 1 aromatic carbocycles. The van der Waals surface area contributed by atoms with Crippen molar-refractivity contribution in [3.63, 3.8) is 0 Å². The number of carboxylic acids is 1. The molecule has 6 nitrogen and oxygen atoms in total. The van der Waals surface area contributed by atoms with Crippen LogP contribution in [-0.4, -0.2) is 36.2 Å². The van der Waals surface area contributed by atoms with E-state index >= 15 is 0 Å². The van der Waals surface area contributed by atoms with Crippen molar-refractivity contribution in [2.24, 2.45) is 0 Å². The Morgan fingerprint density at radius 3 is 2.62 bits per heavy atom. The number of carbonyl (C=O) groups is 2. The first-order valence-corrected chi connectivity index (χ1v) is 7.99. The second kappa shape index (κ2) is 7.38.